The summed E-state index contributed by atoms with van der Waals surface area (Å²) in [6.45, 7) is 12.6. The predicted molar refractivity (Wildman–Crippen MR) is 92.9 cm³/mol. The van der Waals surface area contributed by atoms with Crippen molar-refractivity contribution in [3.05, 3.63) is 34.8 Å². The number of hydrogen-bond donors (Lipinski definition) is 0. The average Bonchev–Trinajstić information content (AvgIpc) is 2.83. The fourth-order valence-electron chi connectivity index (χ4n) is 3.26. The largest absolute Gasteiger partial charge is 0.350 e. The fourth-order valence-corrected chi connectivity index (χ4v) is 3.26. The monoisotopic (exact) mass is 313 g/mol. The Morgan fingerprint density at radius 2 is 1.78 bits per heavy atom. The van der Waals surface area contributed by atoms with E-state index >= 15 is 0 Å². The van der Waals surface area contributed by atoms with E-state index < -0.39 is 0 Å². The SMILES string of the molecule is Cc1cc(N2CCc3c(nc(C(C)C)n3C)C2)nc(C(C)C)n1. The van der Waals surface area contributed by atoms with Crippen molar-refractivity contribution in [3.8, 4) is 0 Å². The van der Waals surface area contributed by atoms with Crippen molar-refractivity contribution >= 4 is 5.82 Å². The second kappa shape index (κ2) is 5.95. The van der Waals surface area contributed by atoms with Crippen molar-refractivity contribution in [2.24, 2.45) is 7.05 Å². The van der Waals surface area contributed by atoms with Gasteiger partial charge in [-0.15, -0.1) is 0 Å². The Balaban J connectivity index is 1.92. The molecule has 23 heavy (non-hydrogen) atoms. The van der Waals surface area contributed by atoms with Crippen LogP contribution >= 0.6 is 0 Å². The smallest absolute Gasteiger partial charge is 0.133 e. The third-order valence-corrected chi connectivity index (χ3v) is 4.51. The van der Waals surface area contributed by atoms with Crippen LogP contribution in [0.1, 0.15) is 68.3 Å². The van der Waals surface area contributed by atoms with Crippen molar-refractivity contribution in [1.82, 2.24) is 19.5 Å². The summed E-state index contributed by atoms with van der Waals surface area (Å²) in [6.07, 6.45) is 1.02. The molecule has 0 saturated heterocycles. The molecule has 5 heteroatoms. The quantitative estimate of drug-likeness (QED) is 0.872. The van der Waals surface area contributed by atoms with Crippen molar-refractivity contribution in [2.75, 3.05) is 11.4 Å². The number of nitrogens with zero attached hydrogens (tertiary/aromatic N) is 5. The lowest BCUT2D eigenvalue weighted by Crippen LogP contribution is -2.32. The topological polar surface area (TPSA) is 46.8 Å². The molecule has 0 fully saturated rings. The van der Waals surface area contributed by atoms with Gasteiger partial charge in [0.05, 0.1) is 12.2 Å². The summed E-state index contributed by atoms with van der Waals surface area (Å²) in [7, 11) is 2.14. The Kier molecular flexibility index (Phi) is 4.13. The van der Waals surface area contributed by atoms with E-state index in [2.05, 4.69) is 55.3 Å². The molecule has 124 valence electrons. The number of hydrogen-bond acceptors (Lipinski definition) is 4. The Bertz CT molecular complexity index is 714. The zero-order chi connectivity index (χ0) is 16.7. The molecule has 0 unspecified atom stereocenters. The minimum Gasteiger partial charge on any atom is -0.350 e. The molecule has 0 bridgehead atoms. The van der Waals surface area contributed by atoms with Gasteiger partial charge in [-0.05, 0) is 6.92 Å². The second-order valence-electron chi connectivity index (χ2n) is 7.13. The van der Waals surface area contributed by atoms with Crippen LogP contribution in [0.5, 0.6) is 0 Å². The molecular formula is C18H27N5. The lowest BCUT2D eigenvalue weighted by Gasteiger charge is -2.28. The highest BCUT2D eigenvalue weighted by Gasteiger charge is 2.25. The van der Waals surface area contributed by atoms with Gasteiger partial charge >= 0.3 is 0 Å². The van der Waals surface area contributed by atoms with Crippen LogP contribution in [0.2, 0.25) is 0 Å². The number of aryl methyl sites for hydroxylation is 1. The molecule has 3 rings (SSSR count). The van der Waals surface area contributed by atoms with Crippen molar-refractivity contribution in [3.63, 3.8) is 0 Å². The summed E-state index contributed by atoms with van der Waals surface area (Å²) >= 11 is 0. The number of rotatable bonds is 3. The highest BCUT2D eigenvalue weighted by molar-refractivity contribution is 5.43. The first-order chi connectivity index (χ1) is 10.9. The van der Waals surface area contributed by atoms with Gasteiger partial charge in [0.15, 0.2) is 0 Å². The van der Waals surface area contributed by atoms with Gasteiger partial charge < -0.3 is 9.47 Å². The van der Waals surface area contributed by atoms with Crippen molar-refractivity contribution < 1.29 is 0 Å². The van der Waals surface area contributed by atoms with Crippen LogP contribution in [0.4, 0.5) is 5.82 Å². The van der Waals surface area contributed by atoms with Crippen LogP contribution in [0.3, 0.4) is 0 Å². The van der Waals surface area contributed by atoms with Gasteiger partial charge in [0, 0.05) is 49.3 Å². The zero-order valence-corrected chi connectivity index (χ0v) is 15.1. The van der Waals surface area contributed by atoms with Gasteiger partial charge in [0.25, 0.3) is 0 Å². The van der Waals surface area contributed by atoms with E-state index in [1.807, 2.05) is 6.92 Å². The second-order valence-corrected chi connectivity index (χ2v) is 7.13. The van der Waals surface area contributed by atoms with Crippen molar-refractivity contribution in [2.45, 2.75) is 59.4 Å². The fraction of sp³-hybridized carbons (Fsp3) is 0.611. The van der Waals surface area contributed by atoms with Gasteiger partial charge in [-0.3, -0.25) is 0 Å². The van der Waals surface area contributed by atoms with E-state index in [9.17, 15) is 0 Å². The van der Waals surface area contributed by atoms with Gasteiger partial charge in [0.2, 0.25) is 0 Å². The summed E-state index contributed by atoms with van der Waals surface area (Å²) < 4.78 is 2.28. The van der Waals surface area contributed by atoms with E-state index in [0.29, 0.717) is 11.8 Å². The first-order valence-corrected chi connectivity index (χ1v) is 8.51. The lowest BCUT2D eigenvalue weighted by atomic mass is 10.1. The summed E-state index contributed by atoms with van der Waals surface area (Å²) in [6, 6.07) is 2.09. The van der Waals surface area contributed by atoms with E-state index in [-0.39, 0.29) is 0 Å². The molecule has 0 N–H and O–H groups in total. The molecule has 0 saturated carbocycles. The van der Waals surface area contributed by atoms with E-state index in [1.165, 1.54) is 17.2 Å². The third-order valence-electron chi connectivity index (χ3n) is 4.51. The molecule has 2 aromatic heterocycles. The number of imidazole rings is 1. The molecule has 0 radical (unpaired) electrons. The Morgan fingerprint density at radius 1 is 1.04 bits per heavy atom. The minimum atomic E-state index is 0.344. The molecule has 0 spiro atoms. The van der Waals surface area contributed by atoms with E-state index in [1.54, 1.807) is 0 Å². The van der Waals surface area contributed by atoms with Crippen LogP contribution in [0.25, 0.3) is 0 Å². The van der Waals surface area contributed by atoms with Crippen LogP contribution in [-0.2, 0) is 20.0 Å². The normalized spacial score (nSPS) is 14.7. The first-order valence-electron chi connectivity index (χ1n) is 8.51. The Hall–Kier alpha value is -1.91. The van der Waals surface area contributed by atoms with Gasteiger partial charge in [-0.2, -0.15) is 0 Å². The summed E-state index contributed by atoms with van der Waals surface area (Å²) in [4.78, 5) is 16.5. The van der Waals surface area contributed by atoms with Crippen LogP contribution < -0.4 is 4.90 Å². The number of aromatic nitrogens is 4. The van der Waals surface area contributed by atoms with Gasteiger partial charge in [0.1, 0.15) is 17.5 Å². The predicted octanol–water partition coefficient (Wildman–Crippen LogP) is 3.33. The average molecular weight is 313 g/mol. The number of fused-ring (bicyclic) bond motifs is 1. The maximum absolute atomic E-state index is 4.88. The van der Waals surface area contributed by atoms with Crippen molar-refractivity contribution in [1.29, 1.82) is 0 Å². The number of anilines is 1. The molecule has 0 aromatic carbocycles. The van der Waals surface area contributed by atoms with Gasteiger partial charge in [-0.25, -0.2) is 15.0 Å². The van der Waals surface area contributed by atoms with E-state index in [0.717, 1.165) is 36.8 Å². The van der Waals surface area contributed by atoms with Crippen LogP contribution in [0, 0.1) is 6.92 Å². The highest BCUT2D eigenvalue weighted by atomic mass is 15.2. The Labute approximate surface area is 138 Å². The summed E-state index contributed by atoms with van der Waals surface area (Å²) in [5, 5.41) is 0. The third kappa shape index (κ3) is 2.96. The Morgan fingerprint density at radius 3 is 2.43 bits per heavy atom. The lowest BCUT2D eigenvalue weighted by molar-refractivity contribution is 0.653. The molecule has 1 aliphatic rings. The maximum atomic E-state index is 4.88. The maximum Gasteiger partial charge on any atom is 0.133 e. The van der Waals surface area contributed by atoms with Crippen LogP contribution in [-0.4, -0.2) is 26.1 Å². The highest BCUT2D eigenvalue weighted by Crippen LogP contribution is 2.26. The van der Waals surface area contributed by atoms with Gasteiger partial charge in [-0.1, -0.05) is 27.7 Å². The molecule has 0 atom stereocenters. The standard InChI is InChI=1S/C18H27N5/c1-11(2)17-19-13(5)9-16(21-17)23-8-7-15-14(10-23)20-18(12(3)4)22(15)6/h9,11-12H,7-8,10H2,1-6H3. The first kappa shape index (κ1) is 16.0. The molecule has 1 aliphatic heterocycles. The molecule has 5 nitrogen and oxygen atoms in total. The molecular weight excluding hydrogens is 286 g/mol. The summed E-state index contributed by atoms with van der Waals surface area (Å²) in [5.41, 5.74) is 3.61. The zero-order valence-electron chi connectivity index (χ0n) is 15.1. The summed E-state index contributed by atoms with van der Waals surface area (Å²) in [5.74, 6) is 3.93. The molecule has 3 heterocycles. The molecule has 2 aromatic rings. The molecule has 0 amide bonds. The minimum absolute atomic E-state index is 0.344. The molecule has 0 aliphatic carbocycles. The van der Waals surface area contributed by atoms with E-state index in [4.69, 9.17) is 9.97 Å². The van der Waals surface area contributed by atoms with Crippen LogP contribution in [0.15, 0.2) is 6.07 Å².